The Bertz CT molecular complexity index is 106. The largest absolute Gasteiger partial charge is 0.268 e. The molecule has 0 bridgehead atoms. The molecule has 1 rings (SSSR count). The third-order valence-corrected chi connectivity index (χ3v) is 2.04. The summed E-state index contributed by atoms with van der Waals surface area (Å²) in [6, 6.07) is 0. The summed E-state index contributed by atoms with van der Waals surface area (Å²) in [6.45, 7) is 7.92. The second kappa shape index (κ2) is 1.68. The van der Waals surface area contributed by atoms with Gasteiger partial charge in [-0.3, -0.25) is 9.68 Å². The van der Waals surface area contributed by atoms with E-state index in [1.165, 1.54) is 0 Å². The predicted molar refractivity (Wildman–Crippen MR) is 33.5 cm³/mol. The fourth-order valence-electron chi connectivity index (χ4n) is 0.475. The van der Waals surface area contributed by atoms with E-state index in [4.69, 9.17) is 9.68 Å². The van der Waals surface area contributed by atoms with E-state index >= 15 is 0 Å². The number of hydrogen-bond acceptors (Lipinski definition) is 3. The Morgan fingerprint density at radius 1 is 0.889 bits per heavy atom. The van der Waals surface area contributed by atoms with Crippen LogP contribution in [-0.4, -0.2) is 11.2 Å². The summed E-state index contributed by atoms with van der Waals surface area (Å²) >= 11 is 0. The molecule has 0 aliphatic carbocycles. The highest BCUT2D eigenvalue weighted by Gasteiger charge is 2.45. The molecule has 0 amide bonds. The maximum atomic E-state index is 5.08. The minimum absolute atomic E-state index is 0.243. The molecule has 0 atom stereocenters. The zero-order valence-corrected chi connectivity index (χ0v) is 6.32. The molecule has 1 N–H and O–H groups in total. The molecule has 1 saturated heterocycles. The van der Waals surface area contributed by atoms with E-state index in [1.54, 1.807) is 0 Å². The van der Waals surface area contributed by atoms with E-state index in [2.05, 4.69) is 5.64 Å². The highest BCUT2D eigenvalue weighted by atomic mass is 17.0. The van der Waals surface area contributed by atoms with Crippen LogP contribution >= 0.6 is 0 Å². The van der Waals surface area contributed by atoms with Gasteiger partial charge in [-0.1, -0.05) is 5.64 Å². The molecule has 0 saturated carbocycles. The van der Waals surface area contributed by atoms with Gasteiger partial charge in [-0.05, 0) is 27.7 Å². The lowest BCUT2D eigenvalue weighted by Gasteiger charge is -2.27. The Hall–Kier alpha value is -0.120. The van der Waals surface area contributed by atoms with E-state index in [-0.39, 0.29) is 11.2 Å². The third-order valence-electron chi connectivity index (χ3n) is 2.04. The van der Waals surface area contributed by atoms with Crippen LogP contribution in [0.5, 0.6) is 0 Å². The van der Waals surface area contributed by atoms with Crippen molar-refractivity contribution >= 4 is 0 Å². The van der Waals surface area contributed by atoms with Gasteiger partial charge in [0, 0.05) is 0 Å². The second-order valence-electron chi connectivity index (χ2n) is 3.31. The Labute approximate surface area is 55.2 Å². The van der Waals surface area contributed by atoms with Crippen molar-refractivity contribution < 1.29 is 9.68 Å². The van der Waals surface area contributed by atoms with Crippen LogP contribution in [0.4, 0.5) is 0 Å². The van der Waals surface area contributed by atoms with Gasteiger partial charge in [-0.15, -0.1) is 0 Å². The van der Waals surface area contributed by atoms with Crippen molar-refractivity contribution in [2.24, 2.45) is 0 Å². The Morgan fingerprint density at radius 3 is 1.33 bits per heavy atom. The van der Waals surface area contributed by atoms with Crippen molar-refractivity contribution in [3.05, 3.63) is 0 Å². The van der Waals surface area contributed by atoms with Gasteiger partial charge in [-0.2, -0.15) is 0 Å². The van der Waals surface area contributed by atoms with Crippen molar-refractivity contribution in [1.82, 2.24) is 5.64 Å². The zero-order valence-electron chi connectivity index (χ0n) is 6.32. The SMILES string of the molecule is CC1(C)ONOC1(C)C. The molecule has 3 heteroatoms. The van der Waals surface area contributed by atoms with Gasteiger partial charge in [0.1, 0.15) is 11.2 Å². The summed E-state index contributed by atoms with van der Waals surface area (Å²) in [4.78, 5) is 10.2. The molecule has 0 unspecified atom stereocenters. The Kier molecular flexibility index (Phi) is 1.31. The van der Waals surface area contributed by atoms with E-state index < -0.39 is 0 Å². The summed E-state index contributed by atoms with van der Waals surface area (Å²) in [6.07, 6.45) is 0. The van der Waals surface area contributed by atoms with Crippen molar-refractivity contribution in [3.8, 4) is 0 Å². The van der Waals surface area contributed by atoms with E-state index in [0.29, 0.717) is 0 Å². The third kappa shape index (κ3) is 0.956. The van der Waals surface area contributed by atoms with E-state index in [0.717, 1.165) is 0 Å². The quantitative estimate of drug-likeness (QED) is 0.532. The van der Waals surface area contributed by atoms with Crippen LogP contribution in [0.25, 0.3) is 0 Å². The van der Waals surface area contributed by atoms with Gasteiger partial charge in [0.25, 0.3) is 0 Å². The van der Waals surface area contributed by atoms with E-state index in [9.17, 15) is 0 Å². The molecule has 54 valence electrons. The molecule has 1 fully saturated rings. The maximum absolute atomic E-state index is 5.08. The lowest BCUT2D eigenvalue weighted by atomic mass is 9.90. The van der Waals surface area contributed by atoms with Gasteiger partial charge in [0.2, 0.25) is 0 Å². The van der Waals surface area contributed by atoms with Crippen LogP contribution in [-0.2, 0) is 9.68 Å². The minimum atomic E-state index is -0.243. The number of hydrogen-bond donors (Lipinski definition) is 1. The molecule has 1 heterocycles. The average molecular weight is 131 g/mol. The summed E-state index contributed by atoms with van der Waals surface area (Å²) in [7, 11) is 0. The smallest absolute Gasteiger partial charge is 0.117 e. The fourth-order valence-corrected chi connectivity index (χ4v) is 0.475. The Balaban J connectivity index is 2.75. The maximum Gasteiger partial charge on any atom is 0.117 e. The topological polar surface area (TPSA) is 30.5 Å². The molecule has 0 aromatic heterocycles. The molecule has 0 aromatic carbocycles. The first kappa shape index (κ1) is 6.99. The lowest BCUT2D eigenvalue weighted by Crippen LogP contribution is -2.41. The van der Waals surface area contributed by atoms with Crippen LogP contribution in [0.1, 0.15) is 27.7 Å². The van der Waals surface area contributed by atoms with Crippen LogP contribution in [0, 0.1) is 0 Å². The fraction of sp³-hybridized carbons (Fsp3) is 1.00. The zero-order chi connectivity index (χ0) is 7.12. The standard InChI is InChI=1S/C6H13NO2/c1-5(2)6(3,4)9-7-8-5/h7H,1-4H3. The summed E-state index contributed by atoms with van der Waals surface area (Å²) < 4.78 is 0. The molecule has 0 aromatic rings. The average Bonchev–Trinajstić information content (AvgIpc) is 1.81. The van der Waals surface area contributed by atoms with Gasteiger partial charge in [-0.25, -0.2) is 0 Å². The first-order chi connectivity index (χ1) is 3.96. The molecule has 0 spiro atoms. The predicted octanol–water partition coefficient (Wildman–Crippen LogP) is 1.01. The van der Waals surface area contributed by atoms with Crippen LogP contribution in [0.3, 0.4) is 0 Å². The summed E-state index contributed by atoms with van der Waals surface area (Å²) in [5, 5.41) is 0. The van der Waals surface area contributed by atoms with Gasteiger partial charge < -0.3 is 0 Å². The van der Waals surface area contributed by atoms with Crippen molar-refractivity contribution in [3.63, 3.8) is 0 Å². The van der Waals surface area contributed by atoms with E-state index in [1.807, 2.05) is 27.7 Å². The van der Waals surface area contributed by atoms with Crippen molar-refractivity contribution in [2.45, 2.75) is 38.9 Å². The van der Waals surface area contributed by atoms with Gasteiger partial charge >= 0.3 is 0 Å². The second-order valence-corrected chi connectivity index (χ2v) is 3.31. The van der Waals surface area contributed by atoms with Crippen LogP contribution in [0.2, 0.25) is 0 Å². The van der Waals surface area contributed by atoms with Crippen molar-refractivity contribution in [2.75, 3.05) is 0 Å². The van der Waals surface area contributed by atoms with Crippen LogP contribution < -0.4 is 5.64 Å². The van der Waals surface area contributed by atoms with Crippen molar-refractivity contribution in [1.29, 1.82) is 0 Å². The molecule has 9 heavy (non-hydrogen) atoms. The molecule has 3 nitrogen and oxygen atoms in total. The summed E-state index contributed by atoms with van der Waals surface area (Å²) in [5.41, 5.74) is 1.92. The highest BCUT2D eigenvalue weighted by molar-refractivity contribution is 4.90. The molecule has 0 radical (unpaired) electrons. The number of rotatable bonds is 0. The number of nitrogens with one attached hydrogen (secondary N) is 1. The van der Waals surface area contributed by atoms with Gasteiger partial charge in [0.15, 0.2) is 0 Å². The van der Waals surface area contributed by atoms with Crippen LogP contribution in [0.15, 0.2) is 0 Å². The first-order valence-electron chi connectivity index (χ1n) is 3.07. The molecule has 1 aliphatic heterocycles. The Morgan fingerprint density at radius 2 is 1.22 bits per heavy atom. The van der Waals surface area contributed by atoms with Gasteiger partial charge in [0.05, 0.1) is 0 Å². The normalized spacial score (nSPS) is 30.7. The highest BCUT2D eigenvalue weighted by Crippen LogP contribution is 2.31. The first-order valence-corrected chi connectivity index (χ1v) is 3.07. The molecular formula is C6H13NO2. The lowest BCUT2D eigenvalue weighted by molar-refractivity contribution is -0.113. The molecular weight excluding hydrogens is 118 g/mol. The minimum Gasteiger partial charge on any atom is -0.268 e. The summed E-state index contributed by atoms with van der Waals surface area (Å²) in [5.74, 6) is 0. The monoisotopic (exact) mass is 131 g/mol. The molecule has 1 aliphatic rings.